The molecule has 0 saturated carbocycles. The molecule has 5 nitrogen and oxygen atoms in total. The molecule has 0 heterocycles. The van der Waals surface area contributed by atoms with E-state index in [1.807, 2.05) is 231 Å². The van der Waals surface area contributed by atoms with Crippen LogP contribution >= 0.6 is 0 Å². The summed E-state index contributed by atoms with van der Waals surface area (Å²) in [4.78, 5) is 12.8. The van der Waals surface area contributed by atoms with Gasteiger partial charge in [0.15, 0.2) is 0 Å². The molecule has 0 amide bonds. The van der Waals surface area contributed by atoms with E-state index in [-0.39, 0.29) is 12.7 Å². The minimum atomic E-state index is -1.47. The van der Waals surface area contributed by atoms with Crippen molar-refractivity contribution in [1.29, 1.82) is 0 Å². The van der Waals surface area contributed by atoms with Crippen LogP contribution in [-0.2, 0) is 18.9 Å². The summed E-state index contributed by atoms with van der Waals surface area (Å²) in [5.74, 6) is 62.1. The monoisotopic (exact) mass is 1280 g/mol. The van der Waals surface area contributed by atoms with Crippen molar-refractivity contribution in [2.75, 3.05) is 40.1 Å². The first-order valence-electron chi connectivity index (χ1n) is 31.9. The van der Waals surface area contributed by atoms with Crippen LogP contribution in [0.2, 0.25) is 19.6 Å². The Bertz CT molecular complexity index is 5270. The lowest BCUT2D eigenvalue weighted by Gasteiger charge is -2.13. The van der Waals surface area contributed by atoms with Gasteiger partial charge in [-0.1, -0.05) is 193 Å². The van der Waals surface area contributed by atoms with Crippen molar-refractivity contribution in [3.63, 3.8) is 0 Å². The standard InChI is InChI=1S/C92H66O5Si/c1-71(96-58-57-95-56-55-94-2)70-97-92(93)91-35-15-34-89(69-91)53-52-87-31-13-30-85(67-87)49-48-83-27-11-26-81(65-83)45-44-79-23-9-22-77(63-79)41-40-75-19-7-18-73(61-75)37-36-72-16-6-17-74(60-72)38-39-76-20-8-21-78(62-76)42-43-80-24-10-25-82(64-80)46-47-84-28-12-29-86(66-84)50-51-88-32-14-33-90(68-88)54-59-98(3,4)5/h6-35,60-69,71H,55-58,70H2,1-5H3/t71-/m0/s1. The quantitative estimate of drug-likeness (QED) is 0.0591. The maximum absolute atomic E-state index is 12.8. The summed E-state index contributed by atoms with van der Waals surface area (Å²) < 4.78 is 21.6. The molecule has 0 unspecified atom stereocenters. The molecule has 0 fully saturated rings. The van der Waals surface area contributed by atoms with E-state index in [0.29, 0.717) is 37.6 Å². The SMILES string of the molecule is COCCOCCO[C@@H](C)COC(=O)c1cccc(C#Cc2cccc(C#Cc3cccc(C#Cc4cccc(C#Cc5cccc(C#Cc6cccc(C#Cc7cccc(C#Cc8cccc(C#Cc9cccc(C#Cc%10cccc(C#C[Si](C)(C)C)c%10)c9)c8)c7)c6)c5)c4)c3)c2)c1. The largest absolute Gasteiger partial charge is 0.459 e. The van der Waals surface area contributed by atoms with Gasteiger partial charge in [-0.2, -0.15) is 0 Å². The molecule has 10 aromatic rings. The third kappa shape index (κ3) is 23.4. The molecule has 98 heavy (non-hydrogen) atoms. The van der Waals surface area contributed by atoms with E-state index in [2.05, 4.69) is 138 Å². The van der Waals surface area contributed by atoms with E-state index in [4.69, 9.17) is 18.9 Å². The van der Waals surface area contributed by atoms with E-state index in [1.54, 1.807) is 25.3 Å². The molecule has 0 spiro atoms. The Morgan fingerprint density at radius 3 is 0.755 bits per heavy atom. The molecule has 468 valence electrons. The number of ether oxygens (including phenoxy) is 4. The third-order valence-electron chi connectivity index (χ3n) is 14.1. The molecule has 10 rings (SSSR count). The molecule has 0 aliphatic carbocycles. The number of hydrogen-bond acceptors (Lipinski definition) is 5. The predicted octanol–water partition coefficient (Wildman–Crippen LogP) is 15.7. The lowest BCUT2D eigenvalue weighted by molar-refractivity contribution is -0.0269. The Kier molecular flexibility index (Phi) is 24.8. The van der Waals surface area contributed by atoms with Gasteiger partial charge in [0.2, 0.25) is 0 Å². The molecule has 0 saturated heterocycles. The highest BCUT2D eigenvalue weighted by molar-refractivity contribution is 6.83. The van der Waals surface area contributed by atoms with Crippen molar-refractivity contribution >= 4 is 14.0 Å². The fourth-order valence-electron chi connectivity index (χ4n) is 9.23. The van der Waals surface area contributed by atoms with Gasteiger partial charge in [0, 0.05) is 113 Å². The summed E-state index contributed by atoms with van der Waals surface area (Å²) in [5.41, 5.74) is 20.1. The zero-order valence-electron chi connectivity index (χ0n) is 55.2. The summed E-state index contributed by atoms with van der Waals surface area (Å²) in [6.45, 7) is 10.6. The van der Waals surface area contributed by atoms with Gasteiger partial charge >= 0.3 is 5.97 Å². The van der Waals surface area contributed by atoms with Crippen LogP contribution in [0, 0.1) is 118 Å². The summed E-state index contributed by atoms with van der Waals surface area (Å²) in [7, 11) is 0.155. The lowest BCUT2D eigenvalue weighted by atomic mass is 10.1. The highest BCUT2D eigenvalue weighted by Crippen LogP contribution is 2.15. The lowest BCUT2D eigenvalue weighted by Crippen LogP contribution is -2.21. The summed E-state index contributed by atoms with van der Waals surface area (Å²) in [5, 5.41) is 0. The predicted molar refractivity (Wildman–Crippen MR) is 397 cm³/mol. The van der Waals surface area contributed by atoms with E-state index in [9.17, 15) is 4.79 Å². The Morgan fingerprint density at radius 2 is 0.520 bits per heavy atom. The number of carbonyl (C=O) groups is 1. The van der Waals surface area contributed by atoms with E-state index in [0.717, 1.165) is 100 Å². The minimum Gasteiger partial charge on any atom is -0.459 e. The second-order valence-corrected chi connectivity index (χ2v) is 28.2. The van der Waals surface area contributed by atoms with Gasteiger partial charge in [0.05, 0.1) is 38.1 Å². The van der Waals surface area contributed by atoms with Crippen LogP contribution in [0.3, 0.4) is 0 Å². The Hall–Kier alpha value is -12.6. The second-order valence-electron chi connectivity index (χ2n) is 23.4. The van der Waals surface area contributed by atoms with Gasteiger partial charge in [-0.05, 0) is 189 Å². The second kappa shape index (κ2) is 35.6. The Labute approximate surface area is 579 Å². The van der Waals surface area contributed by atoms with Gasteiger partial charge in [-0.25, -0.2) is 4.79 Å². The molecule has 0 aliphatic heterocycles. The maximum atomic E-state index is 12.8. The maximum Gasteiger partial charge on any atom is 0.338 e. The molecular weight excluding hydrogens is 1210 g/mol. The van der Waals surface area contributed by atoms with Crippen molar-refractivity contribution < 1.29 is 23.7 Å². The molecule has 0 N–H and O–H groups in total. The molecule has 0 bridgehead atoms. The highest BCUT2D eigenvalue weighted by Gasteiger charge is 2.12. The van der Waals surface area contributed by atoms with Crippen LogP contribution in [0.15, 0.2) is 243 Å². The zero-order chi connectivity index (χ0) is 68.0. The van der Waals surface area contributed by atoms with Crippen LogP contribution in [0.4, 0.5) is 0 Å². The first-order chi connectivity index (χ1) is 47.9. The van der Waals surface area contributed by atoms with Crippen molar-refractivity contribution in [3.05, 3.63) is 354 Å². The normalized spacial score (nSPS) is 10.2. The molecule has 1 atom stereocenters. The van der Waals surface area contributed by atoms with Crippen molar-refractivity contribution in [2.45, 2.75) is 32.7 Å². The smallest absolute Gasteiger partial charge is 0.338 e. The van der Waals surface area contributed by atoms with Crippen molar-refractivity contribution in [2.24, 2.45) is 0 Å². The summed E-state index contributed by atoms with van der Waals surface area (Å²) >= 11 is 0. The van der Waals surface area contributed by atoms with Crippen LogP contribution in [0.5, 0.6) is 0 Å². The first-order valence-corrected chi connectivity index (χ1v) is 35.4. The zero-order valence-corrected chi connectivity index (χ0v) is 56.2. The number of methoxy groups -OCH3 is 1. The van der Waals surface area contributed by atoms with Crippen LogP contribution in [-0.4, -0.2) is 60.3 Å². The number of rotatable bonds is 10. The molecular formula is C92H66O5Si. The average molecular weight is 1280 g/mol. The fraction of sp³-hybridized carbons (Fsp3) is 0.120. The number of esters is 1. The molecule has 0 radical (unpaired) electrons. The molecule has 0 aliphatic rings. The van der Waals surface area contributed by atoms with E-state index in [1.165, 1.54) is 0 Å². The van der Waals surface area contributed by atoms with Crippen LogP contribution < -0.4 is 0 Å². The molecule has 6 heteroatoms. The van der Waals surface area contributed by atoms with E-state index < -0.39 is 14.0 Å². The van der Waals surface area contributed by atoms with Crippen LogP contribution in [0.25, 0.3) is 0 Å². The highest BCUT2D eigenvalue weighted by atomic mass is 28.3. The summed E-state index contributed by atoms with van der Waals surface area (Å²) in [6, 6.07) is 78.5. The Balaban J connectivity index is 0.708. The van der Waals surface area contributed by atoms with Gasteiger partial charge in [0.25, 0.3) is 0 Å². The number of hydrogen-bond donors (Lipinski definition) is 0. The minimum absolute atomic E-state index is 0.121. The first kappa shape index (κ1) is 68.2. The average Bonchev–Trinajstić information content (AvgIpc) is 1.12. The topological polar surface area (TPSA) is 54.0 Å². The third-order valence-corrected chi connectivity index (χ3v) is 15.0. The summed E-state index contributed by atoms with van der Waals surface area (Å²) in [6.07, 6.45) is -0.278. The molecule has 0 aromatic heterocycles. The van der Waals surface area contributed by atoms with Crippen LogP contribution in [0.1, 0.15) is 123 Å². The fourth-order valence-corrected chi connectivity index (χ4v) is 9.75. The molecule has 10 aromatic carbocycles. The number of carbonyl (C=O) groups excluding carboxylic acids is 1. The van der Waals surface area contributed by atoms with Gasteiger partial charge in [-0.3, -0.25) is 0 Å². The van der Waals surface area contributed by atoms with Gasteiger partial charge in [0.1, 0.15) is 14.7 Å². The van der Waals surface area contributed by atoms with Gasteiger partial charge < -0.3 is 18.9 Å². The van der Waals surface area contributed by atoms with Crippen molar-refractivity contribution in [3.8, 4) is 118 Å². The van der Waals surface area contributed by atoms with Crippen molar-refractivity contribution in [1.82, 2.24) is 0 Å². The van der Waals surface area contributed by atoms with E-state index >= 15 is 0 Å². The number of benzene rings is 10. The van der Waals surface area contributed by atoms with Gasteiger partial charge in [-0.15, -0.1) is 5.54 Å². The Morgan fingerprint density at radius 1 is 0.306 bits per heavy atom.